The van der Waals surface area contributed by atoms with E-state index in [1.54, 1.807) is 30.5 Å². The standard InChI is InChI=1S/C17H18FN5OS/c1-9-5-6-13(8-14(9)18)20-15(24)12(4)25-17-21-16-19-10(2)7-11(3)23(16)22-17/h5-8,12H,1-4H3,(H,20,24). The zero-order valence-corrected chi connectivity index (χ0v) is 15.2. The van der Waals surface area contributed by atoms with Crippen LogP contribution in [-0.4, -0.2) is 30.7 Å². The van der Waals surface area contributed by atoms with Crippen molar-refractivity contribution >= 4 is 29.1 Å². The molecule has 1 amide bonds. The van der Waals surface area contributed by atoms with E-state index >= 15 is 0 Å². The van der Waals surface area contributed by atoms with Crippen molar-refractivity contribution in [3.63, 3.8) is 0 Å². The number of hydrogen-bond donors (Lipinski definition) is 1. The highest BCUT2D eigenvalue weighted by atomic mass is 32.2. The predicted octanol–water partition coefficient (Wildman–Crippen LogP) is 3.31. The van der Waals surface area contributed by atoms with Gasteiger partial charge in [-0.05, 0) is 51.5 Å². The highest BCUT2D eigenvalue weighted by Gasteiger charge is 2.18. The SMILES string of the molecule is Cc1cc(C)n2nc(SC(C)C(=O)Nc3ccc(C)c(F)c3)nc2n1. The van der Waals surface area contributed by atoms with Crippen molar-refractivity contribution in [2.75, 3.05) is 5.32 Å². The number of benzene rings is 1. The number of carbonyl (C=O) groups is 1. The quantitative estimate of drug-likeness (QED) is 0.724. The van der Waals surface area contributed by atoms with Crippen molar-refractivity contribution in [3.8, 4) is 0 Å². The minimum atomic E-state index is -0.442. The van der Waals surface area contributed by atoms with E-state index in [1.807, 2.05) is 19.9 Å². The molecule has 0 aliphatic rings. The van der Waals surface area contributed by atoms with Crippen LogP contribution >= 0.6 is 11.8 Å². The molecule has 1 unspecified atom stereocenters. The molecule has 1 N–H and O–H groups in total. The summed E-state index contributed by atoms with van der Waals surface area (Å²) >= 11 is 1.23. The van der Waals surface area contributed by atoms with E-state index in [9.17, 15) is 9.18 Å². The lowest BCUT2D eigenvalue weighted by Crippen LogP contribution is -2.22. The number of fused-ring (bicyclic) bond motifs is 1. The Morgan fingerprint density at radius 1 is 1.24 bits per heavy atom. The minimum Gasteiger partial charge on any atom is -0.325 e. The Balaban J connectivity index is 1.72. The van der Waals surface area contributed by atoms with Gasteiger partial charge < -0.3 is 5.32 Å². The average molecular weight is 359 g/mol. The lowest BCUT2D eigenvalue weighted by Gasteiger charge is -2.10. The molecule has 0 aliphatic carbocycles. The van der Waals surface area contributed by atoms with Crippen molar-refractivity contribution in [1.29, 1.82) is 0 Å². The van der Waals surface area contributed by atoms with Crippen molar-refractivity contribution < 1.29 is 9.18 Å². The zero-order valence-electron chi connectivity index (χ0n) is 14.4. The number of nitrogens with zero attached hydrogens (tertiary/aromatic N) is 4. The van der Waals surface area contributed by atoms with E-state index in [4.69, 9.17) is 0 Å². The molecule has 0 radical (unpaired) electrons. The van der Waals surface area contributed by atoms with E-state index in [1.165, 1.54) is 17.8 Å². The Kier molecular flexibility index (Phi) is 4.71. The lowest BCUT2D eigenvalue weighted by atomic mass is 10.2. The van der Waals surface area contributed by atoms with Crippen LogP contribution in [-0.2, 0) is 4.79 Å². The second-order valence-electron chi connectivity index (χ2n) is 5.86. The lowest BCUT2D eigenvalue weighted by molar-refractivity contribution is -0.115. The van der Waals surface area contributed by atoms with E-state index in [2.05, 4.69) is 20.4 Å². The Morgan fingerprint density at radius 2 is 2.00 bits per heavy atom. The average Bonchev–Trinajstić information content (AvgIpc) is 2.93. The van der Waals surface area contributed by atoms with Gasteiger partial charge in [0.05, 0.1) is 5.25 Å². The number of aryl methyl sites for hydroxylation is 3. The van der Waals surface area contributed by atoms with E-state index in [0.717, 1.165) is 11.4 Å². The molecule has 0 spiro atoms. The minimum absolute atomic E-state index is 0.243. The van der Waals surface area contributed by atoms with Crippen LogP contribution in [0.15, 0.2) is 29.4 Å². The van der Waals surface area contributed by atoms with Gasteiger partial charge in [-0.1, -0.05) is 17.8 Å². The number of thioether (sulfide) groups is 1. The molecule has 0 bridgehead atoms. The van der Waals surface area contributed by atoms with Gasteiger partial charge in [-0.15, -0.1) is 5.10 Å². The topological polar surface area (TPSA) is 72.2 Å². The maximum Gasteiger partial charge on any atom is 0.253 e. The first-order valence-corrected chi connectivity index (χ1v) is 8.66. The smallest absolute Gasteiger partial charge is 0.253 e. The molecule has 6 nitrogen and oxygen atoms in total. The van der Waals surface area contributed by atoms with E-state index in [0.29, 0.717) is 22.2 Å². The third-order valence-electron chi connectivity index (χ3n) is 3.69. The largest absolute Gasteiger partial charge is 0.325 e. The first-order chi connectivity index (χ1) is 11.8. The van der Waals surface area contributed by atoms with Gasteiger partial charge >= 0.3 is 0 Å². The number of rotatable bonds is 4. The maximum atomic E-state index is 13.6. The van der Waals surface area contributed by atoms with Crippen LogP contribution in [0.1, 0.15) is 23.9 Å². The fraction of sp³-hybridized carbons (Fsp3) is 0.294. The fourth-order valence-corrected chi connectivity index (χ4v) is 3.07. The number of aromatic nitrogens is 4. The maximum absolute atomic E-state index is 13.6. The van der Waals surface area contributed by atoms with Crippen LogP contribution in [0.4, 0.5) is 10.1 Å². The van der Waals surface area contributed by atoms with Crippen molar-refractivity contribution in [3.05, 3.63) is 47.0 Å². The molecule has 25 heavy (non-hydrogen) atoms. The van der Waals surface area contributed by atoms with Gasteiger partial charge in [0.1, 0.15) is 5.82 Å². The molecule has 1 aromatic carbocycles. The third-order valence-corrected chi connectivity index (χ3v) is 4.64. The Bertz CT molecular complexity index is 956. The molecular formula is C17H18FN5OS. The summed E-state index contributed by atoms with van der Waals surface area (Å²) < 4.78 is 15.2. The molecule has 0 fully saturated rings. The first kappa shape index (κ1) is 17.3. The number of carbonyl (C=O) groups excluding carboxylic acids is 1. The molecule has 8 heteroatoms. The van der Waals surface area contributed by atoms with Gasteiger partial charge in [0.25, 0.3) is 5.78 Å². The van der Waals surface area contributed by atoms with Crippen molar-refractivity contribution in [1.82, 2.24) is 19.6 Å². The molecule has 3 aromatic rings. The summed E-state index contributed by atoms with van der Waals surface area (Å²) in [5, 5.41) is 7.11. The zero-order chi connectivity index (χ0) is 18.1. The van der Waals surface area contributed by atoms with Gasteiger partial charge in [-0.25, -0.2) is 13.9 Å². The summed E-state index contributed by atoms with van der Waals surface area (Å²) in [5.74, 6) is -0.0850. The summed E-state index contributed by atoms with van der Waals surface area (Å²) in [6.45, 7) is 7.24. The summed E-state index contributed by atoms with van der Waals surface area (Å²) in [4.78, 5) is 21.0. The van der Waals surface area contributed by atoms with Crippen LogP contribution in [0.3, 0.4) is 0 Å². The van der Waals surface area contributed by atoms with Gasteiger partial charge in [-0.3, -0.25) is 4.79 Å². The van der Waals surface area contributed by atoms with Crippen LogP contribution in [0.2, 0.25) is 0 Å². The van der Waals surface area contributed by atoms with Crippen LogP contribution in [0.25, 0.3) is 5.78 Å². The van der Waals surface area contributed by atoms with Crippen LogP contribution < -0.4 is 5.32 Å². The third kappa shape index (κ3) is 3.79. The highest BCUT2D eigenvalue weighted by Crippen LogP contribution is 2.22. The van der Waals surface area contributed by atoms with Gasteiger partial charge in [-0.2, -0.15) is 4.98 Å². The Morgan fingerprint density at radius 3 is 2.72 bits per heavy atom. The Hall–Kier alpha value is -2.48. The van der Waals surface area contributed by atoms with Gasteiger partial charge in [0, 0.05) is 17.1 Å². The molecule has 2 heterocycles. The van der Waals surface area contributed by atoms with E-state index < -0.39 is 5.25 Å². The number of halogens is 1. The van der Waals surface area contributed by atoms with Crippen LogP contribution in [0, 0.1) is 26.6 Å². The second kappa shape index (κ2) is 6.79. The van der Waals surface area contributed by atoms with Gasteiger partial charge in [0.2, 0.25) is 11.1 Å². The molecule has 130 valence electrons. The van der Waals surface area contributed by atoms with Crippen molar-refractivity contribution in [2.24, 2.45) is 0 Å². The number of nitrogens with one attached hydrogen (secondary N) is 1. The highest BCUT2D eigenvalue weighted by molar-refractivity contribution is 8.00. The van der Waals surface area contributed by atoms with Gasteiger partial charge in [0.15, 0.2) is 0 Å². The Labute approximate surface area is 148 Å². The summed E-state index contributed by atoms with van der Waals surface area (Å²) in [6, 6.07) is 6.53. The second-order valence-corrected chi connectivity index (χ2v) is 7.17. The predicted molar refractivity (Wildman–Crippen MR) is 95.3 cm³/mol. The fourth-order valence-electron chi connectivity index (χ4n) is 2.32. The molecule has 0 aliphatic heterocycles. The molecule has 0 saturated carbocycles. The summed E-state index contributed by atoms with van der Waals surface area (Å²) in [6.07, 6.45) is 0. The van der Waals surface area contributed by atoms with E-state index in [-0.39, 0.29) is 11.7 Å². The molecule has 1 atom stereocenters. The molecular weight excluding hydrogens is 341 g/mol. The first-order valence-electron chi connectivity index (χ1n) is 7.78. The number of hydrogen-bond acceptors (Lipinski definition) is 5. The summed E-state index contributed by atoms with van der Waals surface area (Å²) in [5.41, 5.74) is 2.75. The molecule has 0 saturated heterocycles. The summed E-state index contributed by atoms with van der Waals surface area (Å²) in [7, 11) is 0. The van der Waals surface area contributed by atoms with Crippen molar-refractivity contribution in [2.45, 2.75) is 38.1 Å². The van der Waals surface area contributed by atoms with Crippen LogP contribution in [0.5, 0.6) is 0 Å². The normalized spacial score (nSPS) is 12.4. The molecule has 3 rings (SSSR count). The molecule has 2 aromatic heterocycles. The number of amides is 1. The monoisotopic (exact) mass is 359 g/mol. The number of anilines is 1.